The average Bonchev–Trinajstić information content (AvgIpc) is 2.86. The molecule has 1 aromatic carbocycles. The van der Waals surface area contributed by atoms with Gasteiger partial charge in [-0.1, -0.05) is 24.3 Å². The van der Waals surface area contributed by atoms with Gasteiger partial charge in [0.1, 0.15) is 5.60 Å². The predicted octanol–water partition coefficient (Wildman–Crippen LogP) is 3.05. The van der Waals surface area contributed by atoms with E-state index in [4.69, 9.17) is 4.74 Å². The van der Waals surface area contributed by atoms with E-state index in [0.717, 1.165) is 12.1 Å². The number of alkyl carbamates (subject to hydrolysis) is 1. The van der Waals surface area contributed by atoms with E-state index in [1.54, 1.807) is 38.7 Å². The molecule has 23 heavy (non-hydrogen) atoms. The zero-order chi connectivity index (χ0) is 17.0. The number of rotatable bonds is 3. The number of amides is 2. The Morgan fingerprint density at radius 2 is 2.00 bits per heavy atom. The summed E-state index contributed by atoms with van der Waals surface area (Å²) in [6.45, 7) is 7.91. The number of anilines is 1. The number of benzene rings is 1. The largest absolute Gasteiger partial charge is 0.444 e. The van der Waals surface area contributed by atoms with Crippen LogP contribution in [0.3, 0.4) is 0 Å². The maximum Gasteiger partial charge on any atom is 0.408 e. The number of hydrogen-bond acceptors (Lipinski definition) is 3. The third kappa shape index (κ3) is 4.84. The Morgan fingerprint density at radius 1 is 1.30 bits per heavy atom. The van der Waals surface area contributed by atoms with Crippen LogP contribution < -0.4 is 10.2 Å². The van der Waals surface area contributed by atoms with Crippen LogP contribution in [0.1, 0.15) is 33.3 Å². The molecule has 0 saturated heterocycles. The number of ether oxygens (including phenoxy) is 1. The predicted molar refractivity (Wildman–Crippen MR) is 90.5 cm³/mol. The van der Waals surface area contributed by atoms with Crippen LogP contribution in [-0.4, -0.2) is 30.2 Å². The molecule has 5 nitrogen and oxygen atoms in total. The Bertz CT molecular complexity index is 617. The van der Waals surface area contributed by atoms with Gasteiger partial charge < -0.3 is 15.0 Å². The van der Waals surface area contributed by atoms with Crippen molar-refractivity contribution in [2.45, 2.75) is 45.8 Å². The molecule has 0 aliphatic carbocycles. The number of nitrogens with zero attached hydrogens (tertiary/aromatic N) is 1. The van der Waals surface area contributed by atoms with E-state index >= 15 is 0 Å². The second kappa shape index (κ2) is 6.86. The second-order valence-corrected chi connectivity index (χ2v) is 6.66. The number of carbonyl (C=O) groups is 2. The van der Waals surface area contributed by atoms with Gasteiger partial charge in [-0.25, -0.2) is 4.79 Å². The van der Waals surface area contributed by atoms with Gasteiger partial charge in [-0.3, -0.25) is 4.79 Å². The van der Waals surface area contributed by atoms with Crippen molar-refractivity contribution >= 4 is 17.7 Å². The minimum Gasteiger partial charge on any atom is -0.444 e. The van der Waals surface area contributed by atoms with Gasteiger partial charge in [0, 0.05) is 24.4 Å². The molecule has 1 aliphatic rings. The summed E-state index contributed by atoms with van der Waals surface area (Å²) < 4.78 is 5.18. The molecule has 0 bridgehead atoms. The van der Waals surface area contributed by atoms with Crippen molar-refractivity contribution in [1.29, 1.82) is 0 Å². The Morgan fingerprint density at radius 3 is 2.70 bits per heavy atom. The van der Waals surface area contributed by atoms with Gasteiger partial charge >= 0.3 is 6.09 Å². The van der Waals surface area contributed by atoms with Crippen molar-refractivity contribution < 1.29 is 14.3 Å². The molecule has 124 valence electrons. The van der Waals surface area contributed by atoms with Crippen molar-refractivity contribution in [3.05, 3.63) is 42.0 Å². The summed E-state index contributed by atoms with van der Waals surface area (Å²) in [7, 11) is 0. The highest BCUT2D eigenvalue weighted by Gasteiger charge is 2.22. The minimum absolute atomic E-state index is 0.0761. The molecule has 0 radical (unpaired) electrons. The molecule has 0 saturated carbocycles. The summed E-state index contributed by atoms with van der Waals surface area (Å²) in [6, 6.07) is 7.62. The standard InChI is InChI=1S/C18H24N2O3/c1-13(19-17(22)23-18(2,3)4)9-10-16(21)20-12-11-14-7-5-6-8-15(14)20/h5-10,13H,11-12H2,1-4H3,(H,19,22). The van der Waals surface area contributed by atoms with Crippen LogP contribution in [0.15, 0.2) is 36.4 Å². The van der Waals surface area contributed by atoms with E-state index in [2.05, 4.69) is 5.32 Å². The maximum atomic E-state index is 12.3. The smallest absolute Gasteiger partial charge is 0.408 e. The van der Waals surface area contributed by atoms with E-state index in [1.165, 1.54) is 11.6 Å². The van der Waals surface area contributed by atoms with Gasteiger partial charge in [-0.15, -0.1) is 0 Å². The molecule has 5 heteroatoms. The first-order chi connectivity index (χ1) is 10.8. The monoisotopic (exact) mass is 316 g/mol. The van der Waals surface area contributed by atoms with Gasteiger partial charge in [0.15, 0.2) is 0 Å². The number of carbonyl (C=O) groups excluding carboxylic acids is 2. The summed E-state index contributed by atoms with van der Waals surface area (Å²) in [4.78, 5) is 25.7. The van der Waals surface area contributed by atoms with Crippen LogP contribution in [0, 0.1) is 0 Å². The van der Waals surface area contributed by atoms with E-state index in [9.17, 15) is 9.59 Å². The molecule has 1 atom stereocenters. The Balaban J connectivity index is 1.90. The summed E-state index contributed by atoms with van der Waals surface area (Å²) in [5.74, 6) is -0.0761. The lowest BCUT2D eigenvalue weighted by Crippen LogP contribution is -2.37. The molecule has 1 heterocycles. The van der Waals surface area contributed by atoms with Gasteiger partial charge in [0.2, 0.25) is 0 Å². The number of hydrogen-bond donors (Lipinski definition) is 1. The highest BCUT2D eigenvalue weighted by atomic mass is 16.6. The van der Waals surface area contributed by atoms with Crippen molar-refractivity contribution in [1.82, 2.24) is 5.32 Å². The highest BCUT2D eigenvalue weighted by molar-refractivity contribution is 6.02. The first kappa shape index (κ1) is 17.1. The van der Waals surface area contributed by atoms with E-state index in [1.807, 2.05) is 24.3 Å². The van der Waals surface area contributed by atoms with E-state index in [0.29, 0.717) is 6.54 Å². The number of para-hydroxylation sites is 1. The van der Waals surface area contributed by atoms with Gasteiger partial charge in [-0.05, 0) is 45.7 Å². The van der Waals surface area contributed by atoms with Gasteiger partial charge in [0.25, 0.3) is 5.91 Å². The molecule has 1 aromatic rings. The molecule has 0 fully saturated rings. The van der Waals surface area contributed by atoms with Crippen molar-refractivity contribution in [2.24, 2.45) is 0 Å². The second-order valence-electron chi connectivity index (χ2n) is 6.66. The van der Waals surface area contributed by atoms with Gasteiger partial charge in [0.05, 0.1) is 0 Å². The molecule has 1 N–H and O–H groups in total. The lowest BCUT2D eigenvalue weighted by molar-refractivity contribution is -0.114. The van der Waals surface area contributed by atoms with Crippen LogP contribution in [0.4, 0.5) is 10.5 Å². The highest BCUT2D eigenvalue weighted by Crippen LogP contribution is 2.27. The lowest BCUT2D eigenvalue weighted by Gasteiger charge is -2.21. The Labute approximate surface area is 137 Å². The first-order valence-electron chi connectivity index (χ1n) is 7.83. The topological polar surface area (TPSA) is 58.6 Å². The molecule has 0 spiro atoms. The molecule has 1 unspecified atom stereocenters. The zero-order valence-corrected chi connectivity index (χ0v) is 14.1. The van der Waals surface area contributed by atoms with Crippen LogP contribution in [0.2, 0.25) is 0 Å². The summed E-state index contributed by atoms with van der Waals surface area (Å²) >= 11 is 0. The SMILES string of the molecule is CC(C=CC(=O)N1CCc2ccccc21)NC(=O)OC(C)(C)C. The van der Waals surface area contributed by atoms with Crippen molar-refractivity contribution in [3.63, 3.8) is 0 Å². The fraction of sp³-hybridized carbons (Fsp3) is 0.444. The zero-order valence-electron chi connectivity index (χ0n) is 14.1. The van der Waals surface area contributed by atoms with Crippen molar-refractivity contribution in [3.8, 4) is 0 Å². The average molecular weight is 316 g/mol. The quantitative estimate of drug-likeness (QED) is 0.872. The molecular formula is C18H24N2O3. The normalized spacial score (nSPS) is 15.4. The molecule has 0 aromatic heterocycles. The van der Waals surface area contributed by atoms with Crippen molar-refractivity contribution in [2.75, 3.05) is 11.4 Å². The molecule has 2 amide bonds. The molecular weight excluding hydrogens is 292 g/mol. The summed E-state index contributed by atoms with van der Waals surface area (Å²) in [6.07, 6.45) is 3.56. The van der Waals surface area contributed by atoms with Crippen LogP contribution >= 0.6 is 0 Å². The Kier molecular flexibility index (Phi) is 5.08. The summed E-state index contributed by atoms with van der Waals surface area (Å²) in [5.41, 5.74) is 1.62. The molecule has 1 aliphatic heterocycles. The lowest BCUT2D eigenvalue weighted by atomic mass is 10.2. The number of fused-ring (bicyclic) bond motifs is 1. The van der Waals surface area contributed by atoms with E-state index < -0.39 is 11.7 Å². The maximum absolute atomic E-state index is 12.3. The molecule has 2 rings (SSSR count). The van der Waals surface area contributed by atoms with Crippen LogP contribution in [0.25, 0.3) is 0 Å². The van der Waals surface area contributed by atoms with Crippen LogP contribution in [-0.2, 0) is 16.0 Å². The third-order valence-electron chi connectivity index (χ3n) is 3.43. The third-order valence-corrected chi connectivity index (χ3v) is 3.43. The van der Waals surface area contributed by atoms with Crippen LogP contribution in [0.5, 0.6) is 0 Å². The minimum atomic E-state index is -0.539. The number of nitrogens with one attached hydrogen (secondary N) is 1. The fourth-order valence-corrected chi connectivity index (χ4v) is 2.43. The Hall–Kier alpha value is -2.30. The van der Waals surface area contributed by atoms with E-state index in [-0.39, 0.29) is 11.9 Å². The summed E-state index contributed by atoms with van der Waals surface area (Å²) in [5, 5.41) is 2.68. The first-order valence-corrected chi connectivity index (χ1v) is 7.83. The van der Waals surface area contributed by atoms with Gasteiger partial charge in [-0.2, -0.15) is 0 Å². The fourth-order valence-electron chi connectivity index (χ4n) is 2.43.